The van der Waals surface area contributed by atoms with Crippen molar-refractivity contribution >= 4 is 44.7 Å². The summed E-state index contributed by atoms with van der Waals surface area (Å²) in [6.45, 7) is 2.03. The number of aryl methyl sites for hydroxylation is 1. The molecule has 1 aliphatic heterocycles. The van der Waals surface area contributed by atoms with Crippen molar-refractivity contribution in [3.05, 3.63) is 62.5 Å². The Bertz CT molecular complexity index is 888. The zero-order chi connectivity index (χ0) is 18.0. The molecule has 6 heteroatoms. The fraction of sp³-hybridized carbons (Fsp3) is 0.158. The first-order chi connectivity index (χ1) is 12.0. The molecule has 2 aromatic carbocycles. The van der Waals surface area contributed by atoms with Gasteiger partial charge >= 0.3 is 0 Å². The van der Waals surface area contributed by atoms with Crippen LogP contribution in [-0.2, 0) is 4.79 Å². The normalized spacial score (nSPS) is 15.4. The highest BCUT2D eigenvalue weighted by atomic mass is 79.9. The highest BCUT2D eigenvalue weighted by molar-refractivity contribution is 9.10. The summed E-state index contributed by atoms with van der Waals surface area (Å²) in [5.74, 6) is 0.994. The molecule has 0 bridgehead atoms. The van der Waals surface area contributed by atoms with Gasteiger partial charge < -0.3 is 9.47 Å². The van der Waals surface area contributed by atoms with E-state index in [2.05, 4.69) is 20.9 Å². The summed E-state index contributed by atoms with van der Waals surface area (Å²) in [5.41, 5.74) is 2.94. The van der Waals surface area contributed by atoms with E-state index in [9.17, 15) is 4.79 Å². The Morgan fingerprint density at radius 2 is 1.72 bits per heavy atom. The van der Waals surface area contributed by atoms with E-state index in [0.29, 0.717) is 21.4 Å². The lowest BCUT2D eigenvalue weighted by atomic mass is 10.2. The third-order valence-electron chi connectivity index (χ3n) is 3.71. The molecule has 3 rings (SSSR count). The van der Waals surface area contributed by atoms with E-state index >= 15 is 0 Å². The van der Waals surface area contributed by atoms with Crippen LogP contribution in [0.4, 0.5) is 0 Å². The molecule has 4 nitrogen and oxygen atoms in total. The first-order valence-corrected chi connectivity index (χ1v) is 9.14. The van der Waals surface area contributed by atoms with E-state index in [1.165, 1.54) is 17.3 Å². The van der Waals surface area contributed by atoms with E-state index in [0.717, 1.165) is 15.6 Å². The van der Waals surface area contributed by atoms with E-state index in [4.69, 9.17) is 9.47 Å². The van der Waals surface area contributed by atoms with Crippen LogP contribution in [0.2, 0.25) is 0 Å². The van der Waals surface area contributed by atoms with Crippen LogP contribution < -0.4 is 9.47 Å². The fourth-order valence-corrected chi connectivity index (χ4v) is 3.70. The molecule has 1 heterocycles. The Morgan fingerprint density at radius 3 is 2.36 bits per heavy atom. The van der Waals surface area contributed by atoms with E-state index in [1.54, 1.807) is 14.2 Å². The molecular formula is C19H16BrNO3S. The first-order valence-electron chi connectivity index (χ1n) is 7.53. The monoisotopic (exact) mass is 417 g/mol. The van der Waals surface area contributed by atoms with Crippen molar-refractivity contribution in [2.24, 2.45) is 4.99 Å². The average molecular weight is 418 g/mol. The number of thioether (sulfide) groups is 1. The lowest BCUT2D eigenvalue weighted by Gasteiger charge is -2.10. The largest absolute Gasteiger partial charge is 0.493 e. The summed E-state index contributed by atoms with van der Waals surface area (Å²) < 4.78 is 11.4. The number of carbonyl (C=O) groups excluding carboxylic acids is 1. The Kier molecular flexibility index (Phi) is 5.30. The van der Waals surface area contributed by atoms with E-state index in [1.807, 2.05) is 49.4 Å². The summed E-state index contributed by atoms with van der Waals surface area (Å²) in [5, 5.41) is 0.716. The van der Waals surface area contributed by atoms with Crippen LogP contribution in [0, 0.1) is 6.92 Å². The molecule has 128 valence electrons. The fourth-order valence-electron chi connectivity index (χ4n) is 2.35. The molecular weight excluding hydrogens is 402 g/mol. The van der Waals surface area contributed by atoms with Gasteiger partial charge in [-0.25, -0.2) is 4.99 Å². The van der Waals surface area contributed by atoms with Gasteiger partial charge in [0.1, 0.15) is 5.04 Å². The number of methoxy groups -OCH3 is 2. The topological polar surface area (TPSA) is 47.9 Å². The molecule has 0 atom stereocenters. The maximum Gasteiger partial charge on any atom is 0.284 e. The number of aliphatic imine (C=N–C) groups is 1. The second kappa shape index (κ2) is 7.45. The second-order valence-corrected chi connectivity index (χ2v) is 7.31. The molecule has 0 aliphatic carbocycles. The van der Waals surface area contributed by atoms with Gasteiger partial charge in [0.15, 0.2) is 11.5 Å². The van der Waals surface area contributed by atoms with Gasteiger partial charge in [0, 0.05) is 10.0 Å². The van der Waals surface area contributed by atoms with Gasteiger partial charge in [0.05, 0.1) is 19.1 Å². The molecule has 0 saturated heterocycles. The van der Waals surface area contributed by atoms with Gasteiger partial charge in [-0.15, -0.1) is 0 Å². The zero-order valence-corrected chi connectivity index (χ0v) is 16.4. The molecule has 1 amide bonds. The van der Waals surface area contributed by atoms with Gasteiger partial charge in [-0.3, -0.25) is 4.79 Å². The van der Waals surface area contributed by atoms with Crippen molar-refractivity contribution in [2.45, 2.75) is 6.92 Å². The molecule has 0 fully saturated rings. The van der Waals surface area contributed by atoms with E-state index in [-0.39, 0.29) is 5.91 Å². The summed E-state index contributed by atoms with van der Waals surface area (Å²) >= 11 is 4.88. The van der Waals surface area contributed by atoms with Crippen LogP contribution in [0.5, 0.6) is 11.5 Å². The maximum atomic E-state index is 12.3. The highest BCUT2D eigenvalue weighted by Crippen LogP contribution is 2.37. The lowest BCUT2D eigenvalue weighted by molar-refractivity contribution is -0.113. The number of halogens is 1. The number of hydrogen-bond donors (Lipinski definition) is 0. The van der Waals surface area contributed by atoms with Gasteiger partial charge in [-0.05, 0) is 30.7 Å². The van der Waals surface area contributed by atoms with Crippen LogP contribution in [0.3, 0.4) is 0 Å². The van der Waals surface area contributed by atoms with Crippen LogP contribution in [0.25, 0.3) is 6.08 Å². The molecule has 0 N–H and O–H groups in total. The van der Waals surface area contributed by atoms with E-state index < -0.39 is 0 Å². The van der Waals surface area contributed by atoms with Crippen molar-refractivity contribution in [1.82, 2.24) is 0 Å². The highest BCUT2D eigenvalue weighted by Gasteiger charge is 2.23. The molecule has 0 unspecified atom stereocenters. The van der Waals surface area contributed by atoms with Crippen molar-refractivity contribution in [3.63, 3.8) is 0 Å². The van der Waals surface area contributed by atoms with Crippen LogP contribution in [0.1, 0.15) is 16.7 Å². The van der Waals surface area contributed by atoms with Gasteiger partial charge in [-0.1, -0.05) is 57.5 Å². The van der Waals surface area contributed by atoms with Crippen LogP contribution in [0.15, 0.2) is 50.8 Å². The first kappa shape index (κ1) is 17.8. The minimum absolute atomic E-state index is 0.234. The Balaban J connectivity index is 1.91. The maximum absolute atomic E-state index is 12.3. The van der Waals surface area contributed by atoms with Crippen LogP contribution >= 0.6 is 27.7 Å². The number of rotatable bonds is 4. The van der Waals surface area contributed by atoms with Gasteiger partial charge in [0.25, 0.3) is 5.91 Å². The molecule has 1 aliphatic rings. The summed E-state index contributed by atoms with van der Waals surface area (Å²) in [4.78, 5) is 17.0. The smallest absolute Gasteiger partial charge is 0.284 e. The van der Waals surface area contributed by atoms with Crippen molar-refractivity contribution in [1.29, 1.82) is 0 Å². The third-order valence-corrected chi connectivity index (χ3v) is 5.43. The molecule has 0 saturated carbocycles. The van der Waals surface area contributed by atoms with Crippen molar-refractivity contribution in [3.8, 4) is 11.5 Å². The van der Waals surface area contributed by atoms with Crippen LogP contribution in [-0.4, -0.2) is 25.2 Å². The second-order valence-electron chi connectivity index (χ2n) is 5.43. The number of carbonyl (C=O) groups is 1. The quantitative estimate of drug-likeness (QED) is 0.667. The van der Waals surface area contributed by atoms with Crippen molar-refractivity contribution < 1.29 is 14.3 Å². The number of amides is 1. The summed E-state index contributed by atoms with van der Waals surface area (Å²) in [7, 11) is 3.16. The lowest BCUT2D eigenvalue weighted by Crippen LogP contribution is -1.93. The zero-order valence-electron chi connectivity index (χ0n) is 14.0. The Morgan fingerprint density at radius 1 is 1.08 bits per heavy atom. The minimum Gasteiger partial charge on any atom is -0.493 e. The molecule has 0 aromatic heterocycles. The Hall–Kier alpha value is -2.05. The minimum atomic E-state index is -0.234. The number of benzene rings is 2. The average Bonchev–Trinajstić information content (AvgIpc) is 2.97. The summed E-state index contributed by atoms with van der Waals surface area (Å²) in [6, 6.07) is 11.6. The molecule has 0 radical (unpaired) electrons. The predicted octanol–water partition coefficient (Wildman–Crippen LogP) is 4.84. The molecule has 25 heavy (non-hydrogen) atoms. The van der Waals surface area contributed by atoms with Gasteiger partial charge in [0.2, 0.25) is 0 Å². The SMILES string of the molecule is COc1cc(Br)c(C=C2SC(c3ccc(C)cc3)=NC2=O)cc1OC. The number of ether oxygens (including phenoxy) is 2. The standard InChI is InChI=1S/C19H16BrNO3S/c1-11-4-6-12(7-5-11)19-21-18(22)17(25-19)9-13-8-15(23-2)16(24-3)10-14(13)20/h4-10H,1-3H3. The molecule has 2 aromatic rings. The third kappa shape index (κ3) is 3.80. The predicted molar refractivity (Wildman–Crippen MR) is 106 cm³/mol. The van der Waals surface area contributed by atoms with Gasteiger partial charge in [-0.2, -0.15) is 0 Å². The Labute approximate surface area is 159 Å². The summed E-state index contributed by atoms with van der Waals surface area (Å²) in [6.07, 6.45) is 1.81. The van der Waals surface area contributed by atoms with Crippen molar-refractivity contribution in [2.75, 3.05) is 14.2 Å². The number of nitrogens with zero attached hydrogens (tertiary/aromatic N) is 1. The number of hydrogen-bond acceptors (Lipinski definition) is 4. The molecule has 0 spiro atoms.